The highest BCUT2D eigenvalue weighted by Gasteiger charge is 2.26. The number of hydrogen-bond acceptors (Lipinski definition) is 5. The Morgan fingerprint density at radius 2 is 1.69 bits per heavy atom. The van der Waals surface area contributed by atoms with Gasteiger partial charge in [-0.3, -0.25) is 14.8 Å². The average Bonchev–Trinajstić information content (AvgIpc) is 3.23. The highest BCUT2D eigenvalue weighted by Crippen LogP contribution is 2.24. The van der Waals surface area contributed by atoms with Crippen LogP contribution in [-0.2, 0) is 11.3 Å². The molecule has 1 atom stereocenters. The number of amides is 1. The molecule has 2 heterocycles. The minimum Gasteiger partial charge on any atom is -0.339 e. The zero-order valence-corrected chi connectivity index (χ0v) is 17.3. The van der Waals surface area contributed by atoms with Crippen LogP contribution in [0.2, 0.25) is 0 Å². The molecule has 2 aromatic carbocycles. The van der Waals surface area contributed by atoms with Crippen LogP contribution in [0.3, 0.4) is 0 Å². The molecule has 1 fully saturated rings. The lowest BCUT2D eigenvalue weighted by atomic mass is 10.2. The minimum absolute atomic E-state index is 0.153. The molecule has 150 valence electrons. The number of carbonyl (C=O) groups excluding carboxylic acids is 1. The molecular weight excluding hydrogens is 382 g/mol. The fourth-order valence-corrected chi connectivity index (χ4v) is 4.27. The molecule has 0 unspecified atom stereocenters. The zero-order valence-electron chi connectivity index (χ0n) is 16.5. The molecule has 1 saturated heterocycles. The van der Waals surface area contributed by atoms with Crippen molar-refractivity contribution in [3.63, 3.8) is 0 Å². The van der Waals surface area contributed by atoms with Crippen LogP contribution in [0.5, 0.6) is 0 Å². The molecular formula is C22H25N5OS. The maximum atomic E-state index is 12.9. The van der Waals surface area contributed by atoms with Crippen molar-refractivity contribution >= 4 is 17.7 Å². The van der Waals surface area contributed by atoms with E-state index in [0.29, 0.717) is 5.16 Å². The second-order valence-corrected chi connectivity index (χ2v) is 8.49. The third-order valence-corrected chi connectivity index (χ3v) is 6.02. The number of aromatic amines is 1. The molecule has 1 aliphatic rings. The lowest BCUT2D eigenvalue weighted by Gasteiger charge is -2.35. The van der Waals surface area contributed by atoms with Crippen molar-refractivity contribution in [3.8, 4) is 11.4 Å². The lowest BCUT2D eigenvalue weighted by Crippen LogP contribution is -2.50. The van der Waals surface area contributed by atoms with Gasteiger partial charge in [0.05, 0.1) is 5.25 Å². The van der Waals surface area contributed by atoms with Crippen molar-refractivity contribution in [2.45, 2.75) is 23.9 Å². The summed E-state index contributed by atoms with van der Waals surface area (Å²) < 4.78 is 0. The summed E-state index contributed by atoms with van der Waals surface area (Å²) in [5.41, 5.74) is 2.30. The fraction of sp³-hybridized carbons (Fsp3) is 0.318. The van der Waals surface area contributed by atoms with Crippen molar-refractivity contribution in [1.82, 2.24) is 25.0 Å². The second kappa shape index (κ2) is 9.24. The van der Waals surface area contributed by atoms with E-state index in [1.165, 1.54) is 17.3 Å². The van der Waals surface area contributed by atoms with E-state index in [1.54, 1.807) is 0 Å². The predicted molar refractivity (Wildman–Crippen MR) is 115 cm³/mol. The first-order chi connectivity index (χ1) is 14.2. The molecule has 7 heteroatoms. The van der Waals surface area contributed by atoms with Crippen LogP contribution in [0, 0.1) is 0 Å². The van der Waals surface area contributed by atoms with Crippen LogP contribution in [0.25, 0.3) is 11.4 Å². The number of nitrogens with one attached hydrogen (secondary N) is 1. The van der Waals surface area contributed by atoms with Crippen LogP contribution in [0.4, 0.5) is 0 Å². The maximum Gasteiger partial charge on any atom is 0.235 e. The summed E-state index contributed by atoms with van der Waals surface area (Å²) in [6.07, 6.45) is 0. The Balaban J connectivity index is 1.28. The van der Waals surface area contributed by atoms with E-state index in [2.05, 4.69) is 44.3 Å². The van der Waals surface area contributed by atoms with E-state index in [1.807, 2.05) is 48.2 Å². The van der Waals surface area contributed by atoms with E-state index in [0.717, 1.165) is 44.1 Å². The molecule has 0 spiro atoms. The Bertz CT molecular complexity index is 923. The van der Waals surface area contributed by atoms with Gasteiger partial charge in [0.2, 0.25) is 11.1 Å². The predicted octanol–water partition coefficient (Wildman–Crippen LogP) is 3.30. The van der Waals surface area contributed by atoms with Crippen LogP contribution in [0.1, 0.15) is 12.5 Å². The van der Waals surface area contributed by atoms with Crippen molar-refractivity contribution in [2.75, 3.05) is 26.2 Å². The number of rotatable bonds is 6. The molecule has 3 aromatic rings. The summed E-state index contributed by atoms with van der Waals surface area (Å²) in [5, 5.41) is 7.62. The smallest absolute Gasteiger partial charge is 0.235 e. The van der Waals surface area contributed by atoms with Gasteiger partial charge in [-0.2, -0.15) is 0 Å². The normalized spacial score (nSPS) is 16.0. The van der Waals surface area contributed by atoms with Gasteiger partial charge in [0.1, 0.15) is 0 Å². The van der Waals surface area contributed by atoms with Gasteiger partial charge in [0.15, 0.2) is 5.82 Å². The van der Waals surface area contributed by atoms with Crippen LogP contribution in [0.15, 0.2) is 65.8 Å². The number of nitrogens with zero attached hydrogens (tertiary/aromatic N) is 4. The Morgan fingerprint density at radius 3 is 2.38 bits per heavy atom. The topological polar surface area (TPSA) is 65.1 Å². The minimum atomic E-state index is -0.213. The summed E-state index contributed by atoms with van der Waals surface area (Å²) in [6, 6.07) is 20.3. The fourth-order valence-electron chi connectivity index (χ4n) is 3.46. The van der Waals surface area contributed by atoms with Gasteiger partial charge >= 0.3 is 0 Å². The zero-order chi connectivity index (χ0) is 20.1. The second-order valence-electron chi connectivity index (χ2n) is 7.18. The van der Waals surface area contributed by atoms with Crippen LogP contribution in [-0.4, -0.2) is 62.3 Å². The Hall–Kier alpha value is -2.64. The third-order valence-electron chi connectivity index (χ3n) is 5.08. The molecule has 0 saturated carbocycles. The molecule has 29 heavy (non-hydrogen) atoms. The first-order valence-corrected chi connectivity index (χ1v) is 10.8. The summed E-state index contributed by atoms with van der Waals surface area (Å²) in [4.78, 5) is 21.8. The van der Waals surface area contributed by atoms with Crippen molar-refractivity contribution in [1.29, 1.82) is 0 Å². The van der Waals surface area contributed by atoms with Gasteiger partial charge in [0, 0.05) is 38.3 Å². The van der Waals surface area contributed by atoms with Crippen molar-refractivity contribution < 1.29 is 4.79 Å². The average molecular weight is 408 g/mol. The van der Waals surface area contributed by atoms with Gasteiger partial charge in [-0.15, -0.1) is 5.10 Å². The van der Waals surface area contributed by atoms with E-state index < -0.39 is 0 Å². The lowest BCUT2D eigenvalue weighted by molar-refractivity contribution is -0.132. The molecule has 0 radical (unpaired) electrons. The standard InChI is InChI=1S/C22H25N5OS/c1-17(29-22-23-20(24-25-22)19-10-6-3-7-11-19)21(28)27-14-12-26(13-15-27)16-18-8-4-2-5-9-18/h2-11,17H,12-16H2,1H3,(H,23,24,25)/t17-/m1/s1. The quantitative estimate of drug-likeness (QED) is 0.635. The molecule has 0 aliphatic carbocycles. The number of H-pyrrole nitrogens is 1. The summed E-state index contributed by atoms with van der Waals surface area (Å²) in [7, 11) is 0. The number of thioether (sulfide) groups is 1. The third kappa shape index (κ3) is 5.05. The molecule has 1 aromatic heterocycles. The largest absolute Gasteiger partial charge is 0.339 e. The van der Waals surface area contributed by atoms with Gasteiger partial charge in [-0.05, 0) is 12.5 Å². The summed E-state index contributed by atoms with van der Waals surface area (Å²) in [5.74, 6) is 0.877. The van der Waals surface area contributed by atoms with Gasteiger partial charge in [0.25, 0.3) is 0 Å². The van der Waals surface area contributed by atoms with E-state index in [-0.39, 0.29) is 11.2 Å². The monoisotopic (exact) mass is 407 g/mol. The maximum absolute atomic E-state index is 12.9. The molecule has 1 amide bonds. The Morgan fingerprint density at radius 1 is 1.03 bits per heavy atom. The number of piperazine rings is 1. The van der Waals surface area contributed by atoms with E-state index in [4.69, 9.17) is 0 Å². The summed E-state index contributed by atoms with van der Waals surface area (Å²) >= 11 is 1.41. The molecule has 0 bridgehead atoms. The van der Waals surface area contributed by atoms with Crippen LogP contribution < -0.4 is 0 Å². The Labute approximate surface area is 175 Å². The molecule has 1 N–H and O–H groups in total. The highest BCUT2D eigenvalue weighted by atomic mass is 32.2. The summed E-state index contributed by atoms with van der Waals surface area (Å²) in [6.45, 7) is 6.20. The first-order valence-electron chi connectivity index (χ1n) is 9.88. The van der Waals surface area contributed by atoms with Gasteiger partial charge in [-0.25, -0.2) is 4.98 Å². The van der Waals surface area contributed by atoms with E-state index >= 15 is 0 Å². The number of aromatic nitrogens is 3. The number of hydrogen-bond donors (Lipinski definition) is 1. The molecule has 6 nitrogen and oxygen atoms in total. The number of benzene rings is 2. The number of carbonyl (C=O) groups is 1. The molecule has 1 aliphatic heterocycles. The van der Waals surface area contributed by atoms with Crippen molar-refractivity contribution in [3.05, 3.63) is 66.2 Å². The molecule has 4 rings (SSSR count). The van der Waals surface area contributed by atoms with Crippen LogP contribution >= 0.6 is 11.8 Å². The van der Waals surface area contributed by atoms with Crippen molar-refractivity contribution in [2.24, 2.45) is 0 Å². The van der Waals surface area contributed by atoms with Gasteiger partial charge in [-0.1, -0.05) is 72.4 Å². The SMILES string of the molecule is C[C@@H](Sc1n[nH]c(-c2ccccc2)n1)C(=O)N1CCN(Cc2ccccc2)CC1. The van der Waals surface area contributed by atoms with E-state index in [9.17, 15) is 4.79 Å². The Kier molecular flexibility index (Phi) is 6.27. The highest BCUT2D eigenvalue weighted by molar-refractivity contribution is 8.00. The van der Waals surface area contributed by atoms with Gasteiger partial charge < -0.3 is 4.90 Å². The first kappa shape index (κ1) is 19.7.